The summed E-state index contributed by atoms with van der Waals surface area (Å²) in [5.74, 6) is 0.304. The van der Waals surface area contributed by atoms with Gasteiger partial charge in [-0.1, -0.05) is 44.2 Å². The standard InChI is InChI=1S/C17H28N2O/c1-12(2)15(16(20)19-17(4,5)6)18-13(3)14-10-8-7-9-11-14/h7-13,15,18H,1-6H3,(H,19,20)/t13-,15-/m1/s1. The number of amides is 1. The van der Waals surface area contributed by atoms with Gasteiger partial charge < -0.3 is 5.32 Å². The lowest BCUT2D eigenvalue weighted by molar-refractivity contribution is -0.125. The van der Waals surface area contributed by atoms with Crippen molar-refractivity contribution in [2.24, 2.45) is 5.92 Å². The van der Waals surface area contributed by atoms with Crippen LogP contribution in [0.4, 0.5) is 0 Å². The summed E-state index contributed by atoms with van der Waals surface area (Å²) < 4.78 is 0. The maximum atomic E-state index is 12.4. The Balaban J connectivity index is 2.75. The minimum absolute atomic E-state index is 0.0651. The van der Waals surface area contributed by atoms with E-state index in [1.807, 2.05) is 39.0 Å². The van der Waals surface area contributed by atoms with Gasteiger partial charge in [0.1, 0.15) is 0 Å². The van der Waals surface area contributed by atoms with Gasteiger partial charge >= 0.3 is 0 Å². The van der Waals surface area contributed by atoms with E-state index < -0.39 is 0 Å². The number of carbonyl (C=O) groups is 1. The molecule has 112 valence electrons. The molecule has 0 unspecified atom stereocenters. The zero-order chi connectivity index (χ0) is 15.3. The highest BCUT2D eigenvalue weighted by molar-refractivity contribution is 5.82. The van der Waals surface area contributed by atoms with Crippen LogP contribution < -0.4 is 10.6 Å². The second-order valence-electron chi connectivity index (χ2n) is 6.76. The van der Waals surface area contributed by atoms with E-state index >= 15 is 0 Å². The molecule has 3 nitrogen and oxygen atoms in total. The van der Waals surface area contributed by atoms with Crippen molar-refractivity contribution in [3.63, 3.8) is 0 Å². The highest BCUT2D eigenvalue weighted by atomic mass is 16.2. The first kappa shape index (κ1) is 16.7. The Hall–Kier alpha value is -1.35. The number of rotatable bonds is 5. The van der Waals surface area contributed by atoms with Gasteiger partial charge in [0.15, 0.2) is 0 Å². The molecule has 0 aliphatic heterocycles. The number of hydrogen-bond donors (Lipinski definition) is 2. The van der Waals surface area contributed by atoms with Crippen LogP contribution in [0.15, 0.2) is 30.3 Å². The molecule has 0 spiro atoms. The summed E-state index contributed by atoms with van der Waals surface area (Å²) in [5.41, 5.74) is 0.990. The quantitative estimate of drug-likeness (QED) is 0.866. The molecule has 0 heterocycles. The molecule has 0 aliphatic carbocycles. The Bertz CT molecular complexity index is 420. The summed E-state index contributed by atoms with van der Waals surface area (Å²) in [6, 6.07) is 10.2. The second-order valence-corrected chi connectivity index (χ2v) is 6.76. The van der Waals surface area contributed by atoms with Crippen molar-refractivity contribution >= 4 is 5.91 Å². The fourth-order valence-electron chi connectivity index (χ4n) is 2.13. The van der Waals surface area contributed by atoms with E-state index in [4.69, 9.17) is 0 Å². The van der Waals surface area contributed by atoms with Gasteiger partial charge in [0.05, 0.1) is 6.04 Å². The van der Waals surface area contributed by atoms with E-state index in [2.05, 4.69) is 43.5 Å². The fourth-order valence-corrected chi connectivity index (χ4v) is 2.13. The third kappa shape index (κ3) is 5.33. The molecule has 3 heteroatoms. The van der Waals surface area contributed by atoms with Crippen LogP contribution in [-0.4, -0.2) is 17.5 Å². The molecule has 0 saturated heterocycles. The van der Waals surface area contributed by atoms with Gasteiger partial charge in [-0.25, -0.2) is 0 Å². The van der Waals surface area contributed by atoms with Crippen LogP contribution in [0.5, 0.6) is 0 Å². The molecule has 2 atom stereocenters. The van der Waals surface area contributed by atoms with E-state index in [-0.39, 0.29) is 29.4 Å². The van der Waals surface area contributed by atoms with Gasteiger partial charge in [0.2, 0.25) is 5.91 Å². The van der Waals surface area contributed by atoms with E-state index in [9.17, 15) is 4.79 Å². The van der Waals surface area contributed by atoms with Crippen molar-refractivity contribution in [3.8, 4) is 0 Å². The predicted molar refractivity (Wildman–Crippen MR) is 84.5 cm³/mol. The molecular formula is C17H28N2O. The van der Waals surface area contributed by atoms with E-state index in [1.54, 1.807) is 0 Å². The first-order chi connectivity index (χ1) is 9.20. The molecular weight excluding hydrogens is 248 g/mol. The molecule has 20 heavy (non-hydrogen) atoms. The third-order valence-corrected chi connectivity index (χ3v) is 3.18. The first-order valence-electron chi connectivity index (χ1n) is 7.33. The van der Waals surface area contributed by atoms with Gasteiger partial charge in [0, 0.05) is 11.6 Å². The molecule has 1 aromatic carbocycles. The van der Waals surface area contributed by atoms with Crippen molar-refractivity contribution in [3.05, 3.63) is 35.9 Å². The minimum Gasteiger partial charge on any atom is -0.350 e. The molecule has 1 amide bonds. The largest absolute Gasteiger partial charge is 0.350 e. The van der Waals surface area contributed by atoms with Crippen molar-refractivity contribution in [2.75, 3.05) is 0 Å². The van der Waals surface area contributed by atoms with Gasteiger partial charge in [-0.05, 0) is 39.2 Å². The highest BCUT2D eigenvalue weighted by Crippen LogP contribution is 2.15. The van der Waals surface area contributed by atoms with Crippen LogP contribution in [0.2, 0.25) is 0 Å². The van der Waals surface area contributed by atoms with Crippen LogP contribution in [0, 0.1) is 5.92 Å². The maximum absolute atomic E-state index is 12.4. The summed E-state index contributed by atoms with van der Waals surface area (Å²) in [5, 5.41) is 6.50. The van der Waals surface area contributed by atoms with Crippen LogP contribution in [0.3, 0.4) is 0 Å². The molecule has 0 bridgehead atoms. The van der Waals surface area contributed by atoms with Crippen LogP contribution in [-0.2, 0) is 4.79 Å². The van der Waals surface area contributed by atoms with E-state index in [0.717, 1.165) is 0 Å². The Morgan fingerprint density at radius 3 is 2.05 bits per heavy atom. The second kappa shape index (κ2) is 6.89. The minimum atomic E-state index is -0.206. The Morgan fingerprint density at radius 1 is 1.05 bits per heavy atom. The summed E-state index contributed by atoms with van der Waals surface area (Å²) in [7, 11) is 0. The lowest BCUT2D eigenvalue weighted by Gasteiger charge is -2.29. The van der Waals surface area contributed by atoms with Crippen LogP contribution >= 0.6 is 0 Å². The monoisotopic (exact) mass is 276 g/mol. The molecule has 0 aromatic heterocycles. The van der Waals surface area contributed by atoms with Crippen molar-refractivity contribution in [1.29, 1.82) is 0 Å². The molecule has 0 aliphatic rings. The van der Waals surface area contributed by atoms with Gasteiger partial charge in [-0.3, -0.25) is 10.1 Å². The smallest absolute Gasteiger partial charge is 0.237 e. The highest BCUT2D eigenvalue weighted by Gasteiger charge is 2.26. The molecule has 0 fully saturated rings. The van der Waals surface area contributed by atoms with Crippen LogP contribution in [0.1, 0.15) is 53.1 Å². The summed E-state index contributed by atoms with van der Waals surface area (Å²) in [4.78, 5) is 12.4. The number of carbonyl (C=O) groups excluding carboxylic acids is 1. The van der Waals surface area contributed by atoms with Gasteiger partial charge in [-0.15, -0.1) is 0 Å². The number of benzene rings is 1. The summed E-state index contributed by atoms with van der Waals surface area (Å²) in [6.45, 7) is 12.2. The number of hydrogen-bond acceptors (Lipinski definition) is 2. The maximum Gasteiger partial charge on any atom is 0.237 e. The Morgan fingerprint density at radius 2 is 1.60 bits per heavy atom. The Labute approximate surface area is 123 Å². The average molecular weight is 276 g/mol. The van der Waals surface area contributed by atoms with Gasteiger partial charge in [-0.2, -0.15) is 0 Å². The lowest BCUT2D eigenvalue weighted by atomic mass is 9.99. The van der Waals surface area contributed by atoms with Crippen molar-refractivity contribution < 1.29 is 4.79 Å². The number of nitrogens with one attached hydrogen (secondary N) is 2. The fraction of sp³-hybridized carbons (Fsp3) is 0.588. The third-order valence-electron chi connectivity index (χ3n) is 3.18. The van der Waals surface area contributed by atoms with Crippen molar-refractivity contribution in [2.45, 2.75) is 59.2 Å². The van der Waals surface area contributed by atoms with E-state index in [0.29, 0.717) is 0 Å². The van der Waals surface area contributed by atoms with Crippen molar-refractivity contribution in [1.82, 2.24) is 10.6 Å². The van der Waals surface area contributed by atoms with Gasteiger partial charge in [0.25, 0.3) is 0 Å². The zero-order valence-electron chi connectivity index (χ0n) is 13.5. The topological polar surface area (TPSA) is 41.1 Å². The zero-order valence-corrected chi connectivity index (χ0v) is 13.5. The lowest BCUT2D eigenvalue weighted by Crippen LogP contribution is -2.53. The molecule has 1 rings (SSSR count). The predicted octanol–water partition coefficient (Wildman–Crippen LogP) is 3.28. The van der Waals surface area contributed by atoms with E-state index in [1.165, 1.54) is 5.56 Å². The molecule has 1 aromatic rings. The molecule has 0 saturated carbocycles. The first-order valence-corrected chi connectivity index (χ1v) is 7.33. The SMILES string of the molecule is CC(C)[C@@H](N[C@H](C)c1ccccc1)C(=O)NC(C)(C)C. The summed E-state index contributed by atoms with van der Waals surface area (Å²) in [6.07, 6.45) is 0. The molecule has 0 radical (unpaired) electrons. The summed E-state index contributed by atoms with van der Waals surface area (Å²) >= 11 is 0. The molecule has 2 N–H and O–H groups in total. The van der Waals surface area contributed by atoms with Crippen LogP contribution in [0.25, 0.3) is 0 Å². The Kier molecular flexibility index (Phi) is 5.75. The average Bonchev–Trinajstić information content (AvgIpc) is 2.34. The normalized spacial score (nSPS) is 14.9.